The van der Waals surface area contributed by atoms with Crippen molar-refractivity contribution < 1.29 is 9.53 Å². The number of carbonyl (C=O) groups is 1. The van der Waals surface area contributed by atoms with E-state index in [0.717, 1.165) is 40.8 Å². The summed E-state index contributed by atoms with van der Waals surface area (Å²) in [4.78, 5) is 24.3. The van der Waals surface area contributed by atoms with Gasteiger partial charge in [0.2, 0.25) is 0 Å². The van der Waals surface area contributed by atoms with Crippen molar-refractivity contribution in [3.05, 3.63) is 36.0 Å². The van der Waals surface area contributed by atoms with Gasteiger partial charge in [0.05, 0.1) is 24.7 Å². The summed E-state index contributed by atoms with van der Waals surface area (Å²) in [7, 11) is 0. The van der Waals surface area contributed by atoms with Crippen molar-refractivity contribution in [3.8, 4) is 5.75 Å². The normalized spacial score (nSPS) is 14.1. The molecule has 0 radical (unpaired) electrons. The number of anilines is 1. The van der Waals surface area contributed by atoms with Gasteiger partial charge in [0.25, 0.3) is 5.91 Å². The van der Waals surface area contributed by atoms with Crippen molar-refractivity contribution >= 4 is 34.5 Å². The molecule has 2 aromatic heterocycles. The molecule has 1 saturated heterocycles. The standard InChI is InChI=1S/C22H28N6O2S/c1-3-30-17-9-7-16(8-10-17)21(29)23-11-14-28-20-18(15-24-28)19(25-22(26-20)31-2)27-12-5-4-6-13-27/h7-10,15H,3-6,11-14H2,1-2H3,(H,23,29). The summed E-state index contributed by atoms with van der Waals surface area (Å²) in [5, 5.41) is 9.21. The van der Waals surface area contributed by atoms with E-state index in [4.69, 9.17) is 14.7 Å². The summed E-state index contributed by atoms with van der Waals surface area (Å²) in [6.07, 6.45) is 7.47. The molecular formula is C22H28N6O2S. The zero-order valence-corrected chi connectivity index (χ0v) is 18.8. The van der Waals surface area contributed by atoms with Crippen molar-refractivity contribution in [1.82, 2.24) is 25.1 Å². The van der Waals surface area contributed by atoms with Gasteiger partial charge in [-0.15, -0.1) is 0 Å². The Morgan fingerprint density at radius 3 is 2.65 bits per heavy atom. The number of nitrogens with zero attached hydrogens (tertiary/aromatic N) is 5. The predicted octanol–water partition coefficient (Wildman–Crippen LogP) is 3.37. The molecule has 1 aromatic carbocycles. The van der Waals surface area contributed by atoms with E-state index in [9.17, 15) is 4.79 Å². The third-order valence-corrected chi connectivity index (χ3v) is 5.88. The Balaban J connectivity index is 1.45. The monoisotopic (exact) mass is 440 g/mol. The van der Waals surface area contributed by atoms with E-state index >= 15 is 0 Å². The molecule has 0 saturated carbocycles. The maximum absolute atomic E-state index is 12.4. The van der Waals surface area contributed by atoms with Crippen molar-refractivity contribution in [2.45, 2.75) is 37.9 Å². The first-order chi connectivity index (χ1) is 15.2. The number of carbonyl (C=O) groups excluding carboxylic acids is 1. The van der Waals surface area contributed by atoms with E-state index in [1.165, 1.54) is 31.0 Å². The lowest BCUT2D eigenvalue weighted by Gasteiger charge is -2.28. The molecule has 4 rings (SSSR count). The number of piperidine rings is 1. The van der Waals surface area contributed by atoms with E-state index in [1.54, 1.807) is 12.1 Å². The first kappa shape index (κ1) is 21.4. The molecule has 0 unspecified atom stereocenters. The van der Waals surface area contributed by atoms with Gasteiger partial charge in [-0.3, -0.25) is 4.79 Å². The molecule has 0 spiro atoms. The topological polar surface area (TPSA) is 85.2 Å². The van der Waals surface area contributed by atoms with Crippen LogP contribution in [0.2, 0.25) is 0 Å². The fourth-order valence-electron chi connectivity index (χ4n) is 3.77. The van der Waals surface area contributed by atoms with Crippen molar-refractivity contribution in [1.29, 1.82) is 0 Å². The third-order valence-electron chi connectivity index (χ3n) is 5.33. The highest BCUT2D eigenvalue weighted by molar-refractivity contribution is 7.98. The summed E-state index contributed by atoms with van der Waals surface area (Å²) in [6, 6.07) is 7.16. The highest BCUT2D eigenvalue weighted by atomic mass is 32.2. The molecule has 1 N–H and O–H groups in total. The predicted molar refractivity (Wildman–Crippen MR) is 123 cm³/mol. The molecule has 3 heterocycles. The maximum Gasteiger partial charge on any atom is 0.251 e. The van der Waals surface area contributed by atoms with Crippen molar-refractivity contribution in [2.75, 3.05) is 37.4 Å². The number of ether oxygens (including phenoxy) is 1. The van der Waals surface area contributed by atoms with Crippen LogP contribution in [0.5, 0.6) is 5.75 Å². The smallest absolute Gasteiger partial charge is 0.251 e. The van der Waals surface area contributed by atoms with Crippen LogP contribution < -0.4 is 15.0 Å². The number of benzene rings is 1. The average Bonchev–Trinajstić information content (AvgIpc) is 3.22. The summed E-state index contributed by atoms with van der Waals surface area (Å²) >= 11 is 1.53. The van der Waals surface area contributed by atoms with Gasteiger partial charge in [-0.25, -0.2) is 14.6 Å². The molecule has 9 heteroatoms. The molecule has 3 aromatic rings. The molecule has 164 valence electrons. The third kappa shape index (κ3) is 4.92. The zero-order chi connectivity index (χ0) is 21.6. The lowest BCUT2D eigenvalue weighted by molar-refractivity contribution is 0.0952. The van der Waals surface area contributed by atoms with Crippen LogP contribution in [-0.4, -0.2) is 58.2 Å². The van der Waals surface area contributed by atoms with Gasteiger partial charge < -0.3 is 15.0 Å². The first-order valence-corrected chi connectivity index (χ1v) is 12.0. The Bertz CT molecular complexity index is 1030. The lowest BCUT2D eigenvalue weighted by Crippen LogP contribution is -2.30. The van der Waals surface area contributed by atoms with E-state index in [1.807, 2.05) is 36.2 Å². The number of hydrogen-bond acceptors (Lipinski definition) is 7. The summed E-state index contributed by atoms with van der Waals surface area (Å²) in [5.74, 6) is 1.61. The quantitative estimate of drug-likeness (QED) is 0.425. The van der Waals surface area contributed by atoms with Gasteiger partial charge in [0, 0.05) is 25.2 Å². The highest BCUT2D eigenvalue weighted by Crippen LogP contribution is 2.28. The summed E-state index contributed by atoms with van der Waals surface area (Å²) in [6.45, 7) is 5.57. The maximum atomic E-state index is 12.4. The zero-order valence-electron chi connectivity index (χ0n) is 18.0. The van der Waals surface area contributed by atoms with Crippen LogP contribution in [0.25, 0.3) is 11.0 Å². The Morgan fingerprint density at radius 1 is 1.16 bits per heavy atom. The SMILES string of the molecule is CCOc1ccc(C(=O)NCCn2ncc3c(N4CCCCC4)nc(SC)nc32)cc1. The van der Waals surface area contributed by atoms with E-state index in [-0.39, 0.29) is 5.91 Å². The Morgan fingerprint density at radius 2 is 1.94 bits per heavy atom. The molecule has 31 heavy (non-hydrogen) atoms. The minimum absolute atomic E-state index is 0.118. The van der Waals surface area contributed by atoms with Crippen LogP contribution in [0.4, 0.5) is 5.82 Å². The first-order valence-electron chi connectivity index (χ1n) is 10.7. The summed E-state index contributed by atoms with van der Waals surface area (Å²) < 4.78 is 7.27. The Hall–Kier alpha value is -2.81. The second-order valence-corrected chi connectivity index (χ2v) is 8.17. The number of thioether (sulfide) groups is 1. The summed E-state index contributed by atoms with van der Waals surface area (Å²) in [5.41, 5.74) is 1.42. The van der Waals surface area contributed by atoms with Gasteiger partial charge in [0.15, 0.2) is 10.8 Å². The number of fused-ring (bicyclic) bond motifs is 1. The van der Waals surface area contributed by atoms with Crippen LogP contribution in [-0.2, 0) is 6.54 Å². The highest BCUT2D eigenvalue weighted by Gasteiger charge is 2.19. The lowest BCUT2D eigenvalue weighted by atomic mass is 10.1. The van der Waals surface area contributed by atoms with E-state index in [0.29, 0.717) is 25.3 Å². The minimum Gasteiger partial charge on any atom is -0.494 e. The molecule has 1 amide bonds. The number of rotatable bonds is 8. The van der Waals surface area contributed by atoms with Gasteiger partial charge in [-0.1, -0.05) is 11.8 Å². The Kier molecular flexibility index (Phi) is 6.91. The molecule has 8 nitrogen and oxygen atoms in total. The van der Waals surface area contributed by atoms with E-state index in [2.05, 4.69) is 15.3 Å². The number of nitrogens with one attached hydrogen (secondary N) is 1. The largest absolute Gasteiger partial charge is 0.494 e. The number of hydrogen-bond donors (Lipinski definition) is 1. The molecule has 1 fully saturated rings. The molecule has 1 aliphatic heterocycles. The fraction of sp³-hybridized carbons (Fsp3) is 0.455. The van der Waals surface area contributed by atoms with Gasteiger partial charge in [-0.05, 0) is 56.7 Å². The number of aromatic nitrogens is 4. The number of amides is 1. The minimum atomic E-state index is -0.118. The average molecular weight is 441 g/mol. The molecule has 1 aliphatic rings. The second-order valence-electron chi connectivity index (χ2n) is 7.40. The fourth-order valence-corrected chi connectivity index (χ4v) is 4.12. The van der Waals surface area contributed by atoms with E-state index < -0.39 is 0 Å². The van der Waals surface area contributed by atoms with Crippen molar-refractivity contribution in [2.24, 2.45) is 0 Å². The van der Waals surface area contributed by atoms with Crippen LogP contribution >= 0.6 is 11.8 Å². The molecular weight excluding hydrogens is 412 g/mol. The molecule has 0 aliphatic carbocycles. The van der Waals surface area contributed by atoms with Crippen LogP contribution in [0.1, 0.15) is 36.5 Å². The van der Waals surface area contributed by atoms with Gasteiger partial charge >= 0.3 is 0 Å². The molecule has 0 bridgehead atoms. The van der Waals surface area contributed by atoms with Crippen LogP contribution in [0.15, 0.2) is 35.6 Å². The second kappa shape index (κ2) is 10.00. The van der Waals surface area contributed by atoms with Crippen LogP contribution in [0.3, 0.4) is 0 Å². The Labute approximate surface area is 186 Å². The van der Waals surface area contributed by atoms with Crippen molar-refractivity contribution in [3.63, 3.8) is 0 Å². The molecule has 0 atom stereocenters. The van der Waals surface area contributed by atoms with Gasteiger partial charge in [0.1, 0.15) is 11.6 Å². The van der Waals surface area contributed by atoms with Crippen LogP contribution in [0, 0.1) is 0 Å². The van der Waals surface area contributed by atoms with Gasteiger partial charge in [-0.2, -0.15) is 5.10 Å².